The van der Waals surface area contributed by atoms with Crippen LogP contribution in [0, 0.1) is 5.92 Å². The number of hydrogen-bond donors (Lipinski definition) is 2. The van der Waals surface area contributed by atoms with E-state index in [2.05, 4.69) is 0 Å². The monoisotopic (exact) mass is 263 g/mol. The minimum atomic E-state index is -0.371. The lowest BCUT2D eigenvalue weighted by Crippen LogP contribution is -2.21. The molecule has 2 rings (SSSR count). The number of para-hydroxylation sites is 1. The lowest BCUT2D eigenvalue weighted by atomic mass is 10.0. The topological polar surface area (TPSA) is 55.5 Å². The first kappa shape index (κ1) is 14.4. The maximum absolute atomic E-state index is 10.0. The number of hydrogen-bond acceptors (Lipinski definition) is 3. The number of nitrogens with two attached hydrogens (primary N) is 1. The Labute approximate surface area is 115 Å². The normalized spacial score (nSPS) is 19.3. The highest BCUT2D eigenvalue weighted by molar-refractivity contribution is 5.35. The van der Waals surface area contributed by atoms with Crippen molar-refractivity contribution in [3.8, 4) is 5.75 Å². The number of benzene rings is 1. The fraction of sp³-hybridized carbons (Fsp3) is 0.625. The molecule has 3 N–H and O–H groups in total. The molecule has 1 aliphatic carbocycles. The van der Waals surface area contributed by atoms with Crippen molar-refractivity contribution in [3.05, 3.63) is 29.8 Å². The standard InChI is InChI=1S/C16H25NO2/c1-12(17)15-8-4-5-9-16(15)19-11-14(18)10-13-6-2-3-7-13/h4-5,8-9,12-14,18H,2-3,6-7,10-11,17H2,1H3/t12-,14?/m0/s1. The smallest absolute Gasteiger partial charge is 0.124 e. The summed E-state index contributed by atoms with van der Waals surface area (Å²) >= 11 is 0. The molecule has 1 saturated carbocycles. The van der Waals surface area contributed by atoms with Crippen molar-refractivity contribution in [1.82, 2.24) is 0 Å². The molecule has 19 heavy (non-hydrogen) atoms. The fourth-order valence-corrected chi connectivity index (χ4v) is 2.87. The van der Waals surface area contributed by atoms with Crippen molar-refractivity contribution >= 4 is 0 Å². The number of ether oxygens (including phenoxy) is 1. The molecule has 0 aliphatic heterocycles. The SMILES string of the molecule is C[C@H](N)c1ccccc1OCC(O)CC1CCCC1. The number of rotatable bonds is 6. The summed E-state index contributed by atoms with van der Waals surface area (Å²) in [6, 6.07) is 7.73. The predicted octanol–water partition coefficient (Wildman–Crippen LogP) is 3.03. The summed E-state index contributed by atoms with van der Waals surface area (Å²) in [6.07, 6.45) is 5.63. The largest absolute Gasteiger partial charge is 0.491 e. The Morgan fingerprint density at radius 2 is 2.00 bits per heavy atom. The maximum Gasteiger partial charge on any atom is 0.124 e. The van der Waals surface area contributed by atoms with Crippen LogP contribution in [-0.4, -0.2) is 17.8 Å². The summed E-state index contributed by atoms with van der Waals surface area (Å²) in [6.45, 7) is 2.30. The zero-order valence-electron chi connectivity index (χ0n) is 11.7. The van der Waals surface area contributed by atoms with Crippen LogP contribution in [0.4, 0.5) is 0 Å². The molecule has 1 aromatic rings. The molecular weight excluding hydrogens is 238 g/mol. The van der Waals surface area contributed by atoms with Gasteiger partial charge in [0.05, 0.1) is 6.10 Å². The first-order chi connectivity index (χ1) is 9.16. The van der Waals surface area contributed by atoms with Crippen LogP contribution in [0.5, 0.6) is 5.75 Å². The first-order valence-electron chi connectivity index (χ1n) is 7.32. The minimum absolute atomic E-state index is 0.0526. The van der Waals surface area contributed by atoms with Crippen molar-refractivity contribution in [3.63, 3.8) is 0 Å². The van der Waals surface area contributed by atoms with Gasteiger partial charge in [-0.05, 0) is 25.3 Å². The summed E-state index contributed by atoms with van der Waals surface area (Å²) in [4.78, 5) is 0. The van der Waals surface area contributed by atoms with Crippen LogP contribution >= 0.6 is 0 Å². The molecular formula is C16H25NO2. The second-order valence-corrected chi connectivity index (χ2v) is 5.68. The first-order valence-corrected chi connectivity index (χ1v) is 7.32. The lowest BCUT2D eigenvalue weighted by molar-refractivity contribution is 0.0849. The van der Waals surface area contributed by atoms with Gasteiger partial charge in [0.25, 0.3) is 0 Å². The molecule has 3 heteroatoms. The Bertz CT molecular complexity index is 386. The predicted molar refractivity (Wildman–Crippen MR) is 77.1 cm³/mol. The third-order valence-corrected chi connectivity index (χ3v) is 3.92. The molecule has 0 amide bonds. The van der Waals surface area contributed by atoms with E-state index in [0.717, 1.165) is 17.7 Å². The van der Waals surface area contributed by atoms with E-state index in [1.54, 1.807) is 0 Å². The molecule has 1 aromatic carbocycles. The van der Waals surface area contributed by atoms with Crippen LogP contribution in [0.3, 0.4) is 0 Å². The van der Waals surface area contributed by atoms with Crippen molar-refractivity contribution in [2.45, 2.75) is 51.2 Å². The molecule has 0 aromatic heterocycles. The van der Waals surface area contributed by atoms with E-state index >= 15 is 0 Å². The van der Waals surface area contributed by atoms with E-state index in [-0.39, 0.29) is 12.1 Å². The Morgan fingerprint density at radius 3 is 2.68 bits per heavy atom. The fourth-order valence-electron chi connectivity index (χ4n) is 2.87. The third kappa shape index (κ3) is 4.22. The summed E-state index contributed by atoms with van der Waals surface area (Å²) in [5.74, 6) is 1.48. The highest BCUT2D eigenvalue weighted by Gasteiger charge is 2.19. The zero-order chi connectivity index (χ0) is 13.7. The van der Waals surface area contributed by atoms with E-state index < -0.39 is 0 Å². The molecule has 0 bridgehead atoms. The average Bonchev–Trinajstić information content (AvgIpc) is 2.89. The van der Waals surface area contributed by atoms with Crippen molar-refractivity contribution < 1.29 is 9.84 Å². The molecule has 0 saturated heterocycles. The molecule has 0 radical (unpaired) electrons. The average molecular weight is 263 g/mol. The second kappa shape index (κ2) is 6.92. The maximum atomic E-state index is 10.0. The van der Waals surface area contributed by atoms with Gasteiger partial charge in [0, 0.05) is 11.6 Å². The van der Waals surface area contributed by atoms with Gasteiger partial charge in [0.15, 0.2) is 0 Å². The molecule has 2 atom stereocenters. The van der Waals surface area contributed by atoms with E-state index in [9.17, 15) is 5.11 Å². The molecule has 0 spiro atoms. The second-order valence-electron chi connectivity index (χ2n) is 5.68. The van der Waals surface area contributed by atoms with Gasteiger partial charge in [0.1, 0.15) is 12.4 Å². The summed E-state index contributed by atoms with van der Waals surface area (Å²) in [5, 5.41) is 10.0. The summed E-state index contributed by atoms with van der Waals surface area (Å²) < 4.78 is 5.74. The number of aliphatic hydroxyl groups is 1. The van der Waals surface area contributed by atoms with Crippen LogP contribution in [0.25, 0.3) is 0 Å². The van der Waals surface area contributed by atoms with Crippen molar-refractivity contribution in [1.29, 1.82) is 0 Å². The summed E-state index contributed by atoms with van der Waals surface area (Å²) in [7, 11) is 0. The minimum Gasteiger partial charge on any atom is -0.491 e. The van der Waals surface area contributed by atoms with Crippen LogP contribution < -0.4 is 10.5 Å². The lowest BCUT2D eigenvalue weighted by Gasteiger charge is -2.18. The quantitative estimate of drug-likeness (QED) is 0.829. The molecule has 3 nitrogen and oxygen atoms in total. The molecule has 106 valence electrons. The van der Waals surface area contributed by atoms with E-state index in [4.69, 9.17) is 10.5 Å². The van der Waals surface area contributed by atoms with E-state index in [1.165, 1.54) is 25.7 Å². The highest BCUT2D eigenvalue weighted by atomic mass is 16.5. The van der Waals surface area contributed by atoms with Gasteiger partial charge < -0.3 is 15.6 Å². The van der Waals surface area contributed by atoms with Crippen molar-refractivity contribution in [2.75, 3.05) is 6.61 Å². The Balaban J connectivity index is 1.84. The Morgan fingerprint density at radius 1 is 1.32 bits per heavy atom. The van der Waals surface area contributed by atoms with E-state index in [0.29, 0.717) is 12.5 Å². The zero-order valence-corrected chi connectivity index (χ0v) is 11.7. The summed E-state index contributed by atoms with van der Waals surface area (Å²) in [5.41, 5.74) is 6.91. The van der Waals surface area contributed by atoms with Crippen LogP contribution in [0.2, 0.25) is 0 Å². The Kier molecular flexibility index (Phi) is 5.23. The van der Waals surface area contributed by atoms with Gasteiger partial charge in [-0.3, -0.25) is 0 Å². The van der Waals surface area contributed by atoms with Gasteiger partial charge in [-0.1, -0.05) is 43.9 Å². The number of aliphatic hydroxyl groups excluding tert-OH is 1. The third-order valence-electron chi connectivity index (χ3n) is 3.92. The highest BCUT2D eigenvalue weighted by Crippen LogP contribution is 2.29. The Hall–Kier alpha value is -1.06. The van der Waals surface area contributed by atoms with Crippen LogP contribution in [0.15, 0.2) is 24.3 Å². The molecule has 1 aliphatic rings. The molecule has 1 fully saturated rings. The van der Waals surface area contributed by atoms with Gasteiger partial charge in [-0.15, -0.1) is 0 Å². The van der Waals surface area contributed by atoms with Gasteiger partial charge in [-0.2, -0.15) is 0 Å². The van der Waals surface area contributed by atoms with Crippen LogP contribution in [0.1, 0.15) is 50.6 Å². The van der Waals surface area contributed by atoms with Crippen molar-refractivity contribution in [2.24, 2.45) is 11.7 Å². The van der Waals surface area contributed by atoms with Crippen LogP contribution in [-0.2, 0) is 0 Å². The van der Waals surface area contributed by atoms with Gasteiger partial charge >= 0.3 is 0 Å². The van der Waals surface area contributed by atoms with Gasteiger partial charge in [0.2, 0.25) is 0 Å². The molecule has 0 heterocycles. The van der Waals surface area contributed by atoms with Gasteiger partial charge in [-0.25, -0.2) is 0 Å². The molecule has 1 unspecified atom stereocenters. The van der Waals surface area contributed by atoms with E-state index in [1.807, 2.05) is 31.2 Å².